The molecule has 23 heavy (non-hydrogen) atoms. The van der Waals surface area contributed by atoms with Gasteiger partial charge in [-0.3, -0.25) is 0 Å². The number of nitrogens with one attached hydrogen (secondary N) is 2. The molecule has 1 unspecified atom stereocenters. The number of nitrogens with zero attached hydrogens (tertiary/aromatic N) is 1. The molecule has 1 atom stereocenters. The van der Waals surface area contributed by atoms with Crippen LogP contribution in [0.4, 0.5) is 0 Å². The number of hydrogen-bond acceptors (Lipinski definition) is 3. The molecule has 5 nitrogen and oxygen atoms in total. The van der Waals surface area contributed by atoms with E-state index in [-0.39, 0.29) is 30.1 Å². The number of rotatable bonds is 9. The van der Waals surface area contributed by atoms with Crippen molar-refractivity contribution in [2.75, 3.05) is 33.4 Å². The highest BCUT2D eigenvalue weighted by atomic mass is 127. The molecule has 0 heterocycles. The summed E-state index contributed by atoms with van der Waals surface area (Å²) in [6.07, 6.45) is 0.978. The van der Waals surface area contributed by atoms with Gasteiger partial charge < -0.3 is 20.1 Å². The monoisotopic (exact) mass is 435 g/mol. The van der Waals surface area contributed by atoms with E-state index >= 15 is 0 Å². The number of aryl methyl sites for hydroxylation is 1. The minimum absolute atomic E-state index is 0. The molecule has 1 aromatic rings. The molecular weight excluding hydrogens is 405 g/mol. The quantitative estimate of drug-likeness (QED) is 0.271. The molecule has 2 N–H and O–H groups in total. The van der Waals surface area contributed by atoms with Crippen LogP contribution in [-0.2, 0) is 4.74 Å². The molecule has 0 aliphatic rings. The van der Waals surface area contributed by atoms with Crippen molar-refractivity contribution in [1.29, 1.82) is 0 Å². The fourth-order valence-corrected chi connectivity index (χ4v) is 1.93. The Labute approximate surface area is 157 Å². The maximum absolute atomic E-state index is 5.93. The molecule has 0 radical (unpaired) electrons. The summed E-state index contributed by atoms with van der Waals surface area (Å²) in [6.45, 7) is 9.17. The molecule has 132 valence electrons. The van der Waals surface area contributed by atoms with Gasteiger partial charge in [-0.25, -0.2) is 4.99 Å². The van der Waals surface area contributed by atoms with Crippen molar-refractivity contribution in [3.8, 4) is 5.75 Å². The Balaban J connectivity index is 0.00000484. The first-order valence-electron chi connectivity index (χ1n) is 7.90. The molecule has 6 heteroatoms. The van der Waals surface area contributed by atoms with Crippen LogP contribution < -0.4 is 15.4 Å². The lowest BCUT2D eigenvalue weighted by atomic mass is 10.2. The number of para-hydroxylation sites is 1. The van der Waals surface area contributed by atoms with Crippen LogP contribution in [0.3, 0.4) is 0 Å². The molecule has 0 aliphatic carbocycles. The maximum atomic E-state index is 5.93. The van der Waals surface area contributed by atoms with Crippen LogP contribution in [0.15, 0.2) is 29.3 Å². The number of ether oxygens (including phenoxy) is 2. The van der Waals surface area contributed by atoms with Gasteiger partial charge in [-0.05, 0) is 38.8 Å². The van der Waals surface area contributed by atoms with Crippen LogP contribution in [0.1, 0.15) is 25.8 Å². The molecular formula is C17H30IN3O2. The van der Waals surface area contributed by atoms with E-state index in [1.54, 1.807) is 7.11 Å². The normalized spacial score (nSPS) is 12.3. The third-order valence-corrected chi connectivity index (χ3v) is 3.09. The first kappa shape index (κ1) is 22.0. The van der Waals surface area contributed by atoms with Crippen LogP contribution in [-0.4, -0.2) is 45.4 Å². The molecule has 0 fully saturated rings. The van der Waals surface area contributed by atoms with Crippen LogP contribution in [0.2, 0.25) is 0 Å². The Bertz CT molecular complexity index is 455. The molecule has 0 amide bonds. The van der Waals surface area contributed by atoms with E-state index in [2.05, 4.69) is 22.5 Å². The number of halogens is 1. The van der Waals surface area contributed by atoms with E-state index in [1.807, 2.05) is 38.1 Å². The Kier molecular flexibility index (Phi) is 12.8. The van der Waals surface area contributed by atoms with Gasteiger partial charge in [-0.1, -0.05) is 18.2 Å². The van der Waals surface area contributed by atoms with Crippen LogP contribution >= 0.6 is 24.0 Å². The van der Waals surface area contributed by atoms with Crippen LogP contribution in [0.25, 0.3) is 0 Å². The third kappa shape index (κ3) is 9.65. The Morgan fingerprint density at radius 2 is 2.00 bits per heavy atom. The van der Waals surface area contributed by atoms with Gasteiger partial charge in [0.15, 0.2) is 5.96 Å². The van der Waals surface area contributed by atoms with Gasteiger partial charge in [-0.2, -0.15) is 0 Å². The number of methoxy groups -OCH3 is 1. The summed E-state index contributed by atoms with van der Waals surface area (Å²) in [5.74, 6) is 1.74. The fourth-order valence-electron chi connectivity index (χ4n) is 1.93. The average Bonchev–Trinajstić information content (AvgIpc) is 2.51. The Hall–Kier alpha value is -1.02. The molecule has 0 saturated carbocycles. The Morgan fingerprint density at radius 3 is 2.65 bits per heavy atom. The topological polar surface area (TPSA) is 54.9 Å². The van der Waals surface area contributed by atoms with Gasteiger partial charge in [0.1, 0.15) is 11.9 Å². The molecule has 0 spiro atoms. The summed E-state index contributed by atoms with van der Waals surface area (Å²) < 4.78 is 11.0. The first-order chi connectivity index (χ1) is 10.7. The molecule has 0 aliphatic heterocycles. The fraction of sp³-hybridized carbons (Fsp3) is 0.588. The van der Waals surface area contributed by atoms with Crippen molar-refractivity contribution >= 4 is 29.9 Å². The van der Waals surface area contributed by atoms with E-state index in [1.165, 1.54) is 0 Å². The summed E-state index contributed by atoms with van der Waals surface area (Å²) in [7, 11) is 1.71. The molecule has 0 aromatic heterocycles. The minimum Gasteiger partial charge on any atom is -0.489 e. The van der Waals surface area contributed by atoms with Gasteiger partial charge >= 0.3 is 0 Å². The summed E-state index contributed by atoms with van der Waals surface area (Å²) >= 11 is 0. The zero-order valence-corrected chi connectivity index (χ0v) is 16.9. The van der Waals surface area contributed by atoms with Gasteiger partial charge in [0, 0.05) is 26.8 Å². The molecule has 0 bridgehead atoms. The van der Waals surface area contributed by atoms with E-state index in [9.17, 15) is 0 Å². The van der Waals surface area contributed by atoms with Gasteiger partial charge in [0.05, 0.1) is 6.54 Å². The SMILES string of the molecule is CCNC(=NCC(C)Oc1ccccc1C)NCCCOC.I. The largest absolute Gasteiger partial charge is 0.489 e. The van der Waals surface area contributed by atoms with E-state index in [4.69, 9.17) is 9.47 Å². The van der Waals surface area contributed by atoms with E-state index in [0.29, 0.717) is 6.54 Å². The highest BCUT2D eigenvalue weighted by molar-refractivity contribution is 14.0. The number of aliphatic imine (C=N–C) groups is 1. The second-order valence-electron chi connectivity index (χ2n) is 5.19. The predicted molar refractivity (Wildman–Crippen MR) is 107 cm³/mol. The minimum atomic E-state index is 0. The standard InChI is InChI=1S/C17H29N3O2.HI/c1-5-18-17(19-11-8-12-21-4)20-13-15(3)22-16-10-7-6-9-14(16)2;/h6-7,9-10,15H,5,8,11-13H2,1-4H3,(H2,18,19,20);1H. The van der Waals surface area contributed by atoms with E-state index in [0.717, 1.165) is 43.4 Å². The molecule has 1 aromatic carbocycles. The summed E-state index contributed by atoms with van der Waals surface area (Å²) in [4.78, 5) is 4.57. The zero-order valence-electron chi connectivity index (χ0n) is 14.6. The lowest BCUT2D eigenvalue weighted by molar-refractivity contribution is 0.195. The van der Waals surface area contributed by atoms with Crippen molar-refractivity contribution in [1.82, 2.24) is 10.6 Å². The summed E-state index contributed by atoms with van der Waals surface area (Å²) in [6, 6.07) is 8.04. The second kappa shape index (κ2) is 13.4. The maximum Gasteiger partial charge on any atom is 0.191 e. The second-order valence-corrected chi connectivity index (χ2v) is 5.19. The zero-order chi connectivity index (χ0) is 16.2. The van der Waals surface area contributed by atoms with Gasteiger partial charge in [0.25, 0.3) is 0 Å². The van der Waals surface area contributed by atoms with Crippen molar-refractivity contribution in [2.45, 2.75) is 33.3 Å². The van der Waals surface area contributed by atoms with Crippen LogP contribution in [0, 0.1) is 6.92 Å². The first-order valence-corrected chi connectivity index (χ1v) is 7.90. The lowest BCUT2D eigenvalue weighted by Crippen LogP contribution is -2.38. The Morgan fingerprint density at radius 1 is 1.26 bits per heavy atom. The number of guanidine groups is 1. The number of hydrogen-bond donors (Lipinski definition) is 2. The van der Waals surface area contributed by atoms with Crippen molar-refractivity contribution < 1.29 is 9.47 Å². The highest BCUT2D eigenvalue weighted by Crippen LogP contribution is 2.17. The highest BCUT2D eigenvalue weighted by Gasteiger charge is 2.06. The lowest BCUT2D eigenvalue weighted by Gasteiger charge is -2.16. The summed E-state index contributed by atoms with van der Waals surface area (Å²) in [5.41, 5.74) is 1.14. The van der Waals surface area contributed by atoms with E-state index < -0.39 is 0 Å². The van der Waals surface area contributed by atoms with Gasteiger partial charge in [-0.15, -0.1) is 24.0 Å². The predicted octanol–water partition coefficient (Wildman–Crippen LogP) is 2.97. The van der Waals surface area contributed by atoms with Crippen molar-refractivity contribution in [3.63, 3.8) is 0 Å². The van der Waals surface area contributed by atoms with Gasteiger partial charge in [0.2, 0.25) is 0 Å². The van der Waals surface area contributed by atoms with Crippen molar-refractivity contribution in [2.24, 2.45) is 4.99 Å². The van der Waals surface area contributed by atoms with Crippen molar-refractivity contribution in [3.05, 3.63) is 29.8 Å². The molecule has 0 saturated heterocycles. The smallest absolute Gasteiger partial charge is 0.191 e. The number of benzene rings is 1. The molecule has 1 rings (SSSR count). The third-order valence-electron chi connectivity index (χ3n) is 3.09. The summed E-state index contributed by atoms with van der Waals surface area (Å²) in [5, 5.41) is 6.52. The van der Waals surface area contributed by atoms with Crippen LogP contribution in [0.5, 0.6) is 5.75 Å². The average molecular weight is 435 g/mol.